The first-order chi connectivity index (χ1) is 9.81. The zero-order valence-electron chi connectivity index (χ0n) is 11.6. The van der Waals surface area contributed by atoms with E-state index in [1.54, 1.807) is 13.3 Å². The summed E-state index contributed by atoms with van der Waals surface area (Å²) in [4.78, 5) is 4.28. The minimum atomic E-state index is -0.257. The van der Waals surface area contributed by atoms with E-state index in [0.29, 0.717) is 13.2 Å². The summed E-state index contributed by atoms with van der Waals surface area (Å²) in [5, 5.41) is 0. The molecule has 1 aromatic heterocycles. The number of hydrogen-bond donors (Lipinski definition) is 1. The number of rotatable bonds is 7. The Hall–Kier alpha value is -1.75. The molecule has 0 spiro atoms. The molecular formula is C16H20N2O2. The molecule has 106 valence electrons. The van der Waals surface area contributed by atoms with E-state index in [1.165, 1.54) is 0 Å². The minimum Gasteiger partial charge on any atom is -0.375 e. The second-order valence-electron chi connectivity index (χ2n) is 4.58. The Morgan fingerprint density at radius 1 is 1.10 bits per heavy atom. The summed E-state index contributed by atoms with van der Waals surface area (Å²) < 4.78 is 11.1. The van der Waals surface area contributed by atoms with E-state index in [1.807, 2.05) is 48.5 Å². The summed E-state index contributed by atoms with van der Waals surface area (Å²) in [7, 11) is 1.64. The average molecular weight is 272 g/mol. The molecule has 4 heteroatoms. The van der Waals surface area contributed by atoms with Gasteiger partial charge in [0.25, 0.3) is 0 Å². The molecule has 2 atom stereocenters. The number of nitrogens with zero attached hydrogens (tertiary/aromatic N) is 1. The fraction of sp³-hybridized carbons (Fsp3) is 0.312. The highest BCUT2D eigenvalue weighted by Gasteiger charge is 2.20. The maximum Gasteiger partial charge on any atom is 0.116 e. The van der Waals surface area contributed by atoms with E-state index in [0.717, 1.165) is 11.3 Å². The van der Waals surface area contributed by atoms with Crippen LogP contribution >= 0.6 is 0 Å². The number of nitrogens with two attached hydrogens (primary N) is 1. The molecule has 0 saturated heterocycles. The molecule has 2 N–H and O–H groups in total. The smallest absolute Gasteiger partial charge is 0.116 e. The molecule has 1 unspecified atom stereocenters. The Kier molecular flexibility index (Phi) is 5.68. The maximum absolute atomic E-state index is 6.13. The fourth-order valence-corrected chi connectivity index (χ4v) is 2.03. The first-order valence-electron chi connectivity index (χ1n) is 6.62. The van der Waals surface area contributed by atoms with Gasteiger partial charge in [-0.25, -0.2) is 0 Å². The zero-order chi connectivity index (χ0) is 14.2. The van der Waals surface area contributed by atoms with Gasteiger partial charge in [0.2, 0.25) is 0 Å². The third-order valence-corrected chi connectivity index (χ3v) is 3.04. The molecule has 0 aliphatic rings. The molecule has 0 aliphatic carbocycles. The van der Waals surface area contributed by atoms with Crippen molar-refractivity contribution in [2.75, 3.05) is 13.7 Å². The quantitative estimate of drug-likeness (QED) is 0.840. The highest BCUT2D eigenvalue weighted by Crippen LogP contribution is 2.17. The van der Waals surface area contributed by atoms with Crippen LogP contribution in [-0.2, 0) is 16.1 Å². The molecule has 0 radical (unpaired) electrons. The number of aromatic nitrogens is 1. The summed E-state index contributed by atoms with van der Waals surface area (Å²) in [5.74, 6) is 0. The summed E-state index contributed by atoms with van der Waals surface area (Å²) in [6.07, 6.45) is 1.48. The van der Waals surface area contributed by atoms with Crippen molar-refractivity contribution in [3.05, 3.63) is 66.0 Å². The molecule has 2 rings (SSSR count). The number of benzene rings is 1. The Bertz CT molecular complexity index is 490. The molecule has 1 heterocycles. The van der Waals surface area contributed by atoms with Gasteiger partial charge in [-0.3, -0.25) is 4.98 Å². The monoisotopic (exact) mass is 272 g/mol. The normalized spacial score (nSPS) is 13.9. The molecular weight excluding hydrogens is 252 g/mol. The third kappa shape index (κ3) is 4.13. The first kappa shape index (κ1) is 14.7. The van der Waals surface area contributed by atoms with Crippen LogP contribution in [0.2, 0.25) is 0 Å². The Morgan fingerprint density at radius 2 is 1.85 bits per heavy atom. The van der Waals surface area contributed by atoms with Crippen molar-refractivity contribution in [3.8, 4) is 0 Å². The van der Waals surface area contributed by atoms with Gasteiger partial charge in [0.15, 0.2) is 0 Å². The van der Waals surface area contributed by atoms with E-state index in [4.69, 9.17) is 15.2 Å². The maximum atomic E-state index is 6.13. The van der Waals surface area contributed by atoms with E-state index >= 15 is 0 Å². The lowest BCUT2D eigenvalue weighted by molar-refractivity contribution is 0.0260. The van der Waals surface area contributed by atoms with Gasteiger partial charge in [-0.15, -0.1) is 0 Å². The van der Waals surface area contributed by atoms with Crippen molar-refractivity contribution in [2.24, 2.45) is 5.73 Å². The van der Waals surface area contributed by atoms with Crippen molar-refractivity contribution in [1.82, 2.24) is 4.98 Å². The van der Waals surface area contributed by atoms with E-state index < -0.39 is 0 Å². The SMILES string of the molecule is COC(c1ccccn1)[C@@H](N)COCc1ccccc1. The Labute approximate surface area is 119 Å². The molecule has 1 aromatic carbocycles. The minimum absolute atomic E-state index is 0.251. The lowest BCUT2D eigenvalue weighted by Gasteiger charge is -2.22. The van der Waals surface area contributed by atoms with Crippen LogP contribution in [0.15, 0.2) is 54.7 Å². The summed E-state index contributed by atoms with van der Waals surface area (Å²) >= 11 is 0. The van der Waals surface area contributed by atoms with Gasteiger partial charge >= 0.3 is 0 Å². The number of hydrogen-bond acceptors (Lipinski definition) is 4. The van der Waals surface area contributed by atoms with Crippen LogP contribution in [0.3, 0.4) is 0 Å². The fourth-order valence-electron chi connectivity index (χ4n) is 2.03. The van der Waals surface area contributed by atoms with Crippen molar-refractivity contribution in [1.29, 1.82) is 0 Å². The molecule has 0 amide bonds. The highest BCUT2D eigenvalue weighted by atomic mass is 16.5. The topological polar surface area (TPSA) is 57.4 Å². The van der Waals surface area contributed by atoms with Gasteiger partial charge in [-0.2, -0.15) is 0 Å². The second kappa shape index (κ2) is 7.75. The van der Waals surface area contributed by atoms with Gasteiger partial charge in [-0.05, 0) is 17.7 Å². The molecule has 0 bridgehead atoms. The van der Waals surface area contributed by atoms with Gasteiger partial charge in [-0.1, -0.05) is 36.4 Å². The van der Waals surface area contributed by atoms with E-state index in [9.17, 15) is 0 Å². The van der Waals surface area contributed by atoms with Crippen LogP contribution in [0.4, 0.5) is 0 Å². The van der Waals surface area contributed by atoms with Gasteiger partial charge < -0.3 is 15.2 Å². The van der Waals surface area contributed by atoms with Crippen LogP contribution in [0, 0.1) is 0 Å². The summed E-state index contributed by atoms with van der Waals surface area (Å²) in [6.45, 7) is 0.969. The summed E-state index contributed by atoms with van der Waals surface area (Å²) in [6, 6.07) is 15.5. The predicted molar refractivity (Wildman–Crippen MR) is 78.1 cm³/mol. The summed E-state index contributed by atoms with van der Waals surface area (Å²) in [5.41, 5.74) is 8.09. The molecule has 0 fully saturated rings. The average Bonchev–Trinajstić information content (AvgIpc) is 2.50. The van der Waals surface area contributed by atoms with Crippen molar-refractivity contribution < 1.29 is 9.47 Å². The molecule has 0 saturated carbocycles. The van der Waals surface area contributed by atoms with Gasteiger partial charge in [0.05, 0.1) is 24.9 Å². The van der Waals surface area contributed by atoms with Crippen LogP contribution in [0.25, 0.3) is 0 Å². The van der Waals surface area contributed by atoms with E-state index in [2.05, 4.69) is 4.98 Å². The van der Waals surface area contributed by atoms with Crippen molar-refractivity contribution in [3.63, 3.8) is 0 Å². The Balaban J connectivity index is 1.85. The molecule has 0 aliphatic heterocycles. The largest absolute Gasteiger partial charge is 0.375 e. The predicted octanol–water partition coefficient (Wildman–Crippen LogP) is 2.31. The Morgan fingerprint density at radius 3 is 2.50 bits per heavy atom. The highest BCUT2D eigenvalue weighted by molar-refractivity contribution is 5.13. The lowest BCUT2D eigenvalue weighted by Crippen LogP contribution is -2.34. The molecule has 4 nitrogen and oxygen atoms in total. The van der Waals surface area contributed by atoms with Crippen LogP contribution in [0.1, 0.15) is 17.4 Å². The third-order valence-electron chi connectivity index (χ3n) is 3.04. The molecule has 2 aromatic rings. The standard InChI is InChI=1S/C16H20N2O2/c1-19-16(15-9-5-6-10-18-15)14(17)12-20-11-13-7-3-2-4-8-13/h2-10,14,16H,11-12,17H2,1H3/t14-,16?/m0/s1. The molecule has 20 heavy (non-hydrogen) atoms. The van der Waals surface area contributed by atoms with Crippen molar-refractivity contribution in [2.45, 2.75) is 18.8 Å². The number of ether oxygens (including phenoxy) is 2. The van der Waals surface area contributed by atoms with Crippen molar-refractivity contribution >= 4 is 0 Å². The first-order valence-corrected chi connectivity index (χ1v) is 6.62. The zero-order valence-corrected chi connectivity index (χ0v) is 11.6. The lowest BCUT2D eigenvalue weighted by atomic mass is 10.1. The van der Waals surface area contributed by atoms with Crippen LogP contribution in [0.5, 0.6) is 0 Å². The number of pyridine rings is 1. The van der Waals surface area contributed by atoms with Gasteiger partial charge in [0, 0.05) is 13.3 Å². The van der Waals surface area contributed by atoms with E-state index in [-0.39, 0.29) is 12.1 Å². The van der Waals surface area contributed by atoms with Crippen LogP contribution < -0.4 is 5.73 Å². The number of methoxy groups -OCH3 is 1. The van der Waals surface area contributed by atoms with Crippen LogP contribution in [-0.4, -0.2) is 24.7 Å². The van der Waals surface area contributed by atoms with Gasteiger partial charge in [0.1, 0.15) is 6.10 Å². The second-order valence-corrected chi connectivity index (χ2v) is 4.58.